The Balaban J connectivity index is 2.42. The lowest BCUT2D eigenvalue weighted by molar-refractivity contribution is 0.0635. The van der Waals surface area contributed by atoms with E-state index in [0.29, 0.717) is 17.8 Å². The lowest BCUT2D eigenvalue weighted by Gasteiger charge is -2.19. The van der Waals surface area contributed by atoms with Crippen molar-refractivity contribution in [2.45, 2.75) is 53.6 Å². The van der Waals surface area contributed by atoms with Crippen LogP contribution in [-0.4, -0.2) is 22.5 Å². The second kappa shape index (κ2) is 7.68. The van der Waals surface area contributed by atoms with E-state index in [-0.39, 0.29) is 5.78 Å². The molecule has 1 N–H and O–H groups in total. The van der Waals surface area contributed by atoms with Crippen molar-refractivity contribution in [2.75, 3.05) is 5.32 Å². The van der Waals surface area contributed by atoms with Crippen LogP contribution in [0.15, 0.2) is 30.5 Å². The molecule has 1 aromatic carbocycles. The number of benzene rings is 1. The molecule has 0 aliphatic carbocycles. The van der Waals surface area contributed by atoms with Crippen LogP contribution in [0.1, 0.15) is 55.6 Å². The zero-order chi connectivity index (χ0) is 19.5. The van der Waals surface area contributed by atoms with Gasteiger partial charge in [-0.2, -0.15) is 0 Å². The predicted molar refractivity (Wildman–Crippen MR) is 104 cm³/mol. The number of anilines is 1. The molecule has 26 heavy (non-hydrogen) atoms. The predicted octanol–water partition coefficient (Wildman–Crippen LogP) is 5.31. The average molecular weight is 354 g/mol. The number of ketones is 1. The van der Waals surface area contributed by atoms with Crippen LogP contribution in [-0.2, 0) is 4.74 Å². The molecule has 2 rings (SSSR count). The quantitative estimate of drug-likeness (QED) is 0.756. The lowest BCUT2D eigenvalue weighted by atomic mass is 9.95. The first-order valence-corrected chi connectivity index (χ1v) is 8.71. The summed E-state index contributed by atoms with van der Waals surface area (Å²) in [6.45, 7) is 11.2. The standard InChI is InChI=1S/C21H26N2O3/c1-7-18(24)16-11-19(23-20(25)26-21(4,5)6)22-12-17(16)15-9-13(2)8-14(3)10-15/h8-12H,7H2,1-6H3,(H,22,23,25). The Hall–Kier alpha value is -2.69. The molecule has 0 atom stereocenters. The third-order valence-electron chi connectivity index (χ3n) is 3.69. The maximum Gasteiger partial charge on any atom is 0.413 e. The first-order chi connectivity index (χ1) is 12.1. The summed E-state index contributed by atoms with van der Waals surface area (Å²) in [4.78, 5) is 28.7. The van der Waals surface area contributed by atoms with Crippen molar-refractivity contribution < 1.29 is 14.3 Å². The highest BCUT2D eigenvalue weighted by molar-refractivity contribution is 6.03. The van der Waals surface area contributed by atoms with E-state index >= 15 is 0 Å². The number of ether oxygens (including phenoxy) is 1. The Morgan fingerprint density at radius 1 is 1.08 bits per heavy atom. The van der Waals surface area contributed by atoms with Crippen LogP contribution in [0, 0.1) is 13.8 Å². The topological polar surface area (TPSA) is 68.3 Å². The highest BCUT2D eigenvalue weighted by atomic mass is 16.6. The van der Waals surface area contributed by atoms with Gasteiger partial charge in [-0.3, -0.25) is 10.1 Å². The van der Waals surface area contributed by atoms with Crippen LogP contribution in [0.5, 0.6) is 0 Å². The molecule has 138 valence electrons. The van der Waals surface area contributed by atoms with Crippen molar-refractivity contribution >= 4 is 17.7 Å². The van der Waals surface area contributed by atoms with Crippen molar-refractivity contribution in [3.63, 3.8) is 0 Å². The van der Waals surface area contributed by atoms with Crippen LogP contribution < -0.4 is 5.32 Å². The minimum absolute atomic E-state index is 0.00574. The number of Topliss-reactive ketones (excluding diaryl/α,β-unsaturated/α-hetero) is 1. The van der Waals surface area contributed by atoms with Crippen LogP contribution in [0.25, 0.3) is 11.1 Å². The molecule has 5 heteroatoms. The number of nitrogens with zero attached hydrogens (tertiary/aromatic N) is 1. The number of carbonyl (C=O) groups is 2. The fraction of sp³-hybridized carbons (Fsp3) is 0.381. The van der Waals surface area contributed by atoms with Crippen LogP contribution in [0.4, 0.5) is 10.6 Å². The SMILES string of the molecule is CCC(=O)c1cc(NC(=O)OC(C)(C)C)ncc1-c1cc(C)cc(C)c1. The van der Waals surface area contributed by atoms with Gasteiger partial charge < -0.3 is 4.74 Å². The second-order valence-corrected chi connectivity index (χ2v) is 7.40. The molecule has 0 aliphatic heterocycles. The Labute approximate surface area is 154 Å². The molecule has 1 heterocycles. The number of pyridine rings is 1. The maximum absolute atomic E-state index is 12.5. The first-order valence-electron chi connectivity index (χ1n) is 8.71. The number of rotatable bonds is 4. The molecule has 2 aromatic rings. The van der Waals surface area contributed by atoms with E-state index in [4.69, 9.17) is 4.74 Å². The molecule has 0 aliphatic rings. The summed E-state index contributed by atoms with van der Waals surface area (Å²) in [5.41, 5.74) is 3.87. The molecular weight excluding hydrogens is 328 g/mol. The summed E-state index contributed by atoms with van der Waals surface area (Å²) in [5, 5.41) is 2.59. The van der Waals surface area contributed by atoms with E-state index in [9.17, 15) is 9.59 Å². The van der Waals surface area contributed by atoms with E-state index in [1.807, 2.05) is 32.9 Å². The van der Waals surface area contributed by atoms with E-state index in [2.05, 4.69) is 16.4 Å². The molecule has 0 fully saturated rings. The van der Waals surface area contributed by atoms with Gasteiger partial charge >= 0.3 is 6.09 Å². The monoisotopic (exact) mass is 354 g/mol. The van der Waals surface area contributed by atoms with Gasteiger partial charge in [-0.25, -0.2) is 9.78 Å². The van der Waals surface area contributed by atoms with Crippen LogP contribution in [0.2, 0.25) is 0 Å². The van der Waals surface area contributed by atoms with E-state index in [1.165, 1.54) is 0 Å². The van der Waals surface area contributed by atoms with Gasteiger partial charge in [-0.1, -0.05) is 36.2 Å². The number of carbonyl (C=O) groups excluding carboxylic acids is 2. The summed E-state index contributed by atoms with van der Waals surface area (Å²) in [5.74, 6) is 0.290. The number of hydrogen-bond donors (Lipinski definition) is 1. The Kier molecular flexibility index (Phi) is 5.80. The molecule has 0 saturated heterocycles. The summed E-state index contributed by atoms with van der Waals surface area (Å²) < 4.78 is 5.24. The van der Waals surface area contributed by atoms with Crippen molar-refractivity contribution in [1.82, 2.24) is 4.98 Å². The third-order valence-corrected chi connectivity index (χ3v) is 3.69. The van der Waals surface area contributed by atoms with Crippen molar-refractivity contribution in [2.24, 2.45) is 0 Å². The lowest BCUT2D eigenvalue weighted by Crippen LogP contribution is -2.27. The second-order valence-electron chi connectivity index (χ2n) is 7.40. The smallest absolute Gasteiger partial charge is 0.413 e. The van der Waals surface area contributed by atoms with E-state index in [0.717, 1.165) is 22.3 Å². The fourth-order valence-corrected chi connectivity index (χ4v) is 2.71. The number of aryl methyl sites for hydroxylation is 2. The Morgan fingerprint density at radius 3 is 2.23 bits per heavy atom. The zero-order valence-corrected chi connectivity index (χ0v) is 16.3. The minimum Gasteiger partial charge on any atom is -0.444 e. The molecule has 5 nitrogen and oxygen atoms in total. The van der Waals surface area contributed by atoms with Gasteiger partial charge in [0.05, 0.1) is 0 Å². The number of hydrogen-bond acceptors (Lipinski definition) is 4. The summed E-state index contributed by atoms with van der Waals surface area (Å²) in [6.07, 6.45) is 1.40. The summed E-state index contributed by atoms with van der Waals surface area (Å²) in [6, 6.07) is 7.74. The molecule has 0 radical (unpaired) electrons. The number of nitrogens with one attached hydrogen (secondary N) is 1. The maximum atomic E-state index is 12.5. The van der Waals surface area contributed by atoms with Crippen molar-refractivity contribution in [3.05, 3.63) is 47.2 Å². The Morgan fingerprint density at radius 2 is 1.69 bits per heavy atom. The molecular formula is C21H26N2O3. The molecule has 1 aromatic heterocycles. The van der Waals surface area contributed by atoms with Gasteiger partial charge in [-0.15, -0.1) is 0 Å². The molecule has 1 amide bonds. The minimum atomic E-state index is -0.606. The third kappa shape index (κ3) is 5.15. The van der Waals surface area contributed by atoms with Crippen molar-refractivity contribution in [3.8, 4) is 11.1 Å². The van der Waals surface area contributed by atoms with E-state index in [1.54, 1.807) is 33.0 Å². The average Bonchev–Trinajstić information content (AvgIpc) is 2.51. The van der Waals surface area contributed by atoms with Gasteiger partial charge in [0, 0.05) is 23.7 Å². The first kappa shape index (κ1) is 19.6. The van der Waals surface area contributed by atoms with Gasteiger partial charge in [-0.05, 0) is 46.2 Å². The molecule has 0 unspecified atom stereocenters. The molecule has 0 spiro atoms. The van der Waals surface area contributed by atoms with Gasteiger partial charge in [0.25, 0.3) is 0 Å². The summed E-state index contributed by atoms with van der Waals surface area (Å²) in [7, 11) is 0. The van der Waals surface area contributed by atoms with E-state index < -0.39 is 11.7 Å². The van der Waals surface area contributed by atoms with Crippen LogP contribution in [0.3, 0.4) is 0 Å². The van der Waals surface area contributed by atoms with Gasteiger partial charge in [0.15, 0.2) is 5.78 Å². The van der Waals surface area contributed by atoms with Gasteiger partial charge in [0.1, 0.15) is 11.4 Å². The summed E-state index contributed by atoms with van der Waals surface area (Å²) >= 11 is 0. The molecule has 0 saturated carbocycles. The molecule has 0 bridgehead atoms. The largest absolute Gasteiger partial charge is 0.444 e. The zero-order valence-electron chi connectivity index (χ0n) is 16.3. The van der Waals surface area contributed by atoms with Gasteiger partial charge in [0.2, 0.25) is 0 Å². The highest BCUT2D eigenvalue weighted by Crippen LogP contribution is 2.28. The van der Waals surface area contributed by atoms with Crippen LogP contribution >= 0.6 is 0 Å². The highest BCUT2D eigenvalue weighted by Gasteiger charge is 2.18. The van der Waals surface area contributed by atoms with Crippen molar-refractivity contribution in [1.29, 1.82) is 0 Å². The Bertz CT molecular complexity index is 815. The fourth-order valence-electron chi connectivity index (χ4n) is 2.71. The number of aromatic nitrogens is 1. The normalized spacial score (nSPS) is 11.2. The number of amides is 1.